The number of ether oxygens (including phenoxy) is 1. The maximum atomic E-state index is 13.2. The molecule has 0 aromatic rings. The largest absolute Gasteiger partial charge is 0.498 e. The van der Waals surface area contributed by atoms with Gasteiger partial charge in [-0.1, -0.05) is 13.3 Å². The molecule has 0 aliphatic heterocycles. The lowest BCUT2D eigenvalue weighted by atomic mass is 9.77. The molecule has 1 fully saturated rings. The van der Waals surface area contributed by atoms with Gasteiger partial charge in [0.25, 0.3) is 19.7 Å². The molecule has 0 N–H and O–H groups in total. The number of carbonyl (C=O) groups excluding carboxylic acids is 1. The Kier molecular flexibility index (Phi) is 7.32. The van der Waals surface area contributed by atoms with E-state index in [0.29, 0.717) is 0 Å². The topological polar surface area (TPSA) is 94.6 Å². The van der Waals surface area contributed by atoms with E-state index in [1.54, 1.807) is 6.92 Å². The molecule has 0 amide bonds. The molecule has 0 spiro atoms. The molecular formula is C16H24F6O6S2. The van der Waals surface area contributed by atoms with Crippen LogP contribution in [0.4, 0.5) is 26.3 Å². The van der Waals surface area contributed by atoms with E-state index in [4.69, 9.17) is 4.74 Å². The fourth-order valence-corrected chi connectivity index (χ4v) is 7.47. The van der Waals surface area contributed by atoms with Crippen molar-refractivity contribution in [3.63, 3.8) is 0 Å². The van der Waals surface area contributed by atoms with Gasteiger partial charge in [0.1, 0.15) is 5.60 Å². The molecule has 0 saturated heterocycles. The van der Waals surface area contributed by atoms with Crippen molar-refractivity contribution in [1.29, 1.82) is 0 Å². The van der Waals surface area contributed by atoms with Crippen LogP contribution in [0.1, 0.15) is 59.8 Å². The first-order chi connectivity index (χ1) is 13.1. The predicted octanol–water partition coefficient (Wildman–Crippen LogP) is 4.11. The highest BCUT2D eigenvalue weighted by molar-refractivity contribution is 8.09. The molecule has 0 aromatic heterocycles. The Morgan fingerprint density at radius 3 is 1.80 bits per heavy atom. The van der Waals surface area contributed by atoms with Crippen molar-refractivity contribution in [1.82, 2.24) is 0 Å². The minimum atomic E-state index is -6.83. The molecule has 6 nitrogen and oxygen atoms in total. The van der Waals surface area contributed by atoms with E-state index >= 15 is 0 Å². The molecule has 1 saturated carbocycles. The molecule has 1 rings (SSSR count). The number of hydrogen-bond donors (Lipinski definition) is 0. The van der Waals surface area contributed by atoms with Crippen LogP contribution in [0.2, 0.25) is 0 Å². The van der Waals surface area contributed by atoms with Crippen LogP contribution in [0.25, 0.3) is 0 Å². The third-order valence-electron chi connectivity index (χ3n) is 5.57. The van der Waals surface area contributed by atoms with E-state index in [1.807, 2.05) is 0 Å². The number of esters is 1. The molecule has 1 aliphatic rings. The van der Waals surface area contributed by atoms with Crippen molar-refractivity contribution >= 4 is 25.6 Å². The van der Waals surface area contributed by atoms with Crippen LogP contribution in [0.3, 0.4) is 0 Å². The quantitative estimate of drug-likeness (QED) is 0.411. The van der Waals surface area contributed by atoms with Gasteiger partial charge in [-0.25, -0.2) is 16.8 Å². The molecule has 0 heterocycles. The lowest BCUT2D eigenvalue weighted by Crippen LogP contribution is -2.57. The van der Waals surface area contributed by atoms with E-state index in [2.05, 4.69) is 0 Å². The summed E-state index contributed by atoms with van der Waals surface area (Å²) in [6.45, 7) is 5.41. The van der Waals surface area contributed by atoms with Crippen molar-refractivity contribution in [2.75, 3.05) is 0 Å². The second-order valence-corrected chi connectivity index (χ2v) is 12.6. The number of halogens is 6. The van der Waals surface area contributed by atoms with Gasteiger partial charge >= 0.3 is 17.0 Å². The van der Waals surface area contributed by atoms with Gasteiger partial charge in [0.2, 0.25) is 0 Å². The summed E-state index contributed by atoms with van der Waals surface area (Å²) in [5.74, 6) is -3.24. The SMILES string of the molecule is CCC(C)(C)C(=O)OC1(C)CCCCC1C(S(=O)(=O)C(F)(F)F)S(=O)(=O)C(F)(F)F. The number of hydrogen-bond acceptors (Lipinski definition) is 6. The first-order valence-corrected chi connectivity index (χ1v) is 12.1. The van der Waals surface area contributed by atoms with E-state index in [9.17, 15) is 48.0 Å². The van der Waals surface area contributed by atoms with Crippen LogP contribution in [0.5, 0.6) is 0 Å². The van der Waals surface area contributed by atoms with Gasteiger partial charge in [-0.2, -0.15) is 26.3 Å². The van der Waals surface area contributed by atoms with E-state index in [-0.39, 0.29) is 25.7 Å². The minimum absolute atomic E-state index is 0.0355. The molecule has 30 heavy (non-hydrogen) atoms. The fraction of sp³-hybridized carbons (Fsp3) is 0.938. The average Bonchev–Trinajstić information content (AvgIpc) is 2.54. The highest BCUT2D eigenvalue weighted by Gasteiger charge is 2.68. The number of alkyl halides is 6. The molecular weight excluding hydrogens is 466 g/mol. The van der Waals surface area contributed by atoms with Gasteiger partial charge in [0.05, 0.1) is 5.41 Å². The molecule has 0 radical (unpaired) electrons. The van der Waals surface area contributed by atoms with Gasteiger partial charge in [-0.15, -0.1) is 0 Å². The summed E-state index contributed by atoms with van der Waals surface area (Å²) in [4.78, 5) is 12.5. The first kappa shape index (κ1) is 27.0. The van der Waals surface area contributed by atoms with Gasteiger partial charge < -0.3 is 4.74 Å². The maximum absolute atomic E-state index is 13.2. The molecule has 2 unspecified atom stereocenters. The Morgan fingerprint density at radius 1 is 1.00 bits per heavy atom. The first-order valence-electron chi connectivity index (χ1n) is 8.99. The summed E-state index contributed by atoms with van der Waals surface area (Å²) in [5.41, 5.74) is -15.9. The van der Waals surface area contributed by atoms with Crippen LogP contribution in [-0.4, -0.2) is 44.0 Å². The zero-order valence-electron chi connectivity index (χ0n) is 16.7. The summed E-state index contributed by atoms with van der Waals surface area (Å²) in [5, 5.41) is 0. The van der Waals surface area contributed by atoms with Crippen LogP contribution in [-0.2, 0) is 29.2 Å². The second kappa shape index (κ2) is 8.14. The zero-order valence-corrected chi connectivity index (χ0v) is 18.4. The third kappa shape index (κ3) is 4.89. The fourth-order valence-electron chi connectivity index (χ4n) is 3.24. The third-order valence-corrected chi connectivity index (χ3v) is 10.3. The number of sulfone groups is 2. The van der Waals surface area contributed by atoms with Crippen molar-refractivity contribution < 1.29 is 52.7 Å². The summed E-state index contributed by atoms with van der Waals surface area (Å²) >= 11 is 0. The monoisotopic (exact) mass is 490 g/mol. The standard InChI is InChI=1S/C16H24F6O6S2/c1-5-13(2,3)12(23)28-14(4)9-7-6-8-10(14)11(29(24,25)15(17,18)19)30(26,27)16(20,21)22/h10-11H,5-9H2,1-4H3. The highest BCUT2D eigenvalue weighted by atomic mass is 32.3. The molecule has 14 heteroatoms. The molecule has 1 aliphatic carbocycles. The second-order valence-electron chi connectivity index (χ2n) is 8.14. The Labute approximate surface area is 171 Å². The van der Waals surface area contributed by atoms with Crippen LogP contribution < -0.4 is 0 Å². The number of rotatable bonds is 6. The van der Waals surface area contributed by atoms with Crippen molar-refractivity contribution in [2.24, 2.45) is 11.3 Å². The molecule has 0 bridgehead atoms. The summed E-state index contributed by atoms with van der Waals surface area (Å²) in [6, 6.07) is 0. The van der Waals surface area contributed by atoms with Gasteiger partial charge in [-0.05, 0) is 46.5 Å². The van der Waals surface area contributed by atoms with Crippen LogP contribution >= 0.6 is 0 Å². The molecule has 2 atom stereocenters. The van der Waals surface area contributed by atoms with Gasteiger partial charge in [0.15, 0.2) is 4.58 Å². The summed E-state index contributed by atoms with van der Waals surface area (Å²) in [7, 11) is -13.7. The Morgan fingerprint density at radius 2 is 1.43 bits per heavy atom. The van der Waals surface area contributed by atoms with E-state index in [0.717, 1.165) is 6.92 Å². The average molecular weight is 490 g/mol. The lowest BCUT2D eigenvalue weighted by molar-refractivity contribution is -0.178. The van der Waals surface area contributed by atoms with Crippen LogP contribution in [0.15, 0.2) is 0 Å². The number of carbonyl (C=O) groups is 1. The summed E-state index contributed by atoms with van der Waals surface area (Å²) < 4.78 is 129. The van der Waals surface area contributed by atoms with Crippen molar-refractivity contribution in [2.45, 2.75) is 81.0 Å². The van der Waals surface area contributed by atoms with Crippen LogP contribution in [0, 0.1) is 11.3 Å². The van der Waals surface area contributed by atoms with E-state index in [1.165, 1.54) is 13.8 Å². The lowest BCUT2D eigenvalue weighted by Gasteiger charge is -2.44. The van der Waals surface area contributed by atoms with Gasteiger partial charge in [-0.3, -0.25) is 4.79 Å². The Hall–Kier alpha value is -1.05. The maximum Gasteiger partial charge on any atom is 0.498 e. The van der Waals surface area contributed by atoms with Crippen molar-refractivity contribution in [3.8, 4) is 0 Å². The smallest absolute Gasteiger partial charge is 0.459 e. The Bertz CT molecular complexity index is 816. The van der Waals surface area contributed by atoms with Crippen molar-refractivity contribution in [3.05, 3.63) is 0 Å². The molecule has 0 aromatic carbocycles. The highest BCUT2D eigenvalue weighted by Crippen LogP contribution is 2.48. The zero-order chi connectivity index (χ0) is 24.0. The summed E-state index contributed by atoms with van der Waals surface area (Å²) in [6.07, 6.45) is -0.548. The van der Waals surface area contributed by atoms with E-state index < -0.39 is 64.6 Å². The Balaban J connectivity index is 3.70. The minimum Gasteiger partial charge on any atom is -0.459 e. The molecule has 178 valence electrons. The normalized spacial score (nSPS) is 24.7. The predicted molar refractivity (Wildman–Crippen MR) is 94.3 cm³/mol. The van der Waals surface area contributed by atoms with Gasteiger partial charge in [0, 0.05) is 5.92 Å².